The summed E-state index contributed by atoms with van der Waals surface area (Å²) in [6, 6.07) is 2.18. The largest absolute Gasteiger partial charge is 0.416 e. The third-order valence-corrected chi connectivity index (χ3v) is 4.68. The summed E-state index contributed by atoms with van der Waals surface area (Å²) in [5.41, 5.74) is -1.90. The zero-order valence-corrected chi connectivity index (χ0v) is 15.7. The molecule has 0 unspecified atom stereocenters. The number of nitro groups is 1. The number of nitro benzene ring substituents is 1. The van der Waals surface area contributed by atoms with E-state index in [-0.39, 0.29) is 37.1 Å². The lowest BCUT2D eigenvalue weighted by molar-refractivity contribution is -0.384. The molecule has 0 heterocycles. The van der Waals surface area contributed by atoms with Crippen molar-refractivity contribution < 1.29 is 27.7 Å². The number of hydrogen-bond acceptors (Lipinski definition) is 5. The number of nitrogens with one attached hydrogen (secondary N) is 3. The summed E-state index contributed by atoms with van der Waals surface area (Å²) in [4.78, 5) is 33.9. The fourth-order valence-corrected chi connectivity index (χ4v) is 3.15. The van der Waals surface area contributed by atoms with Crippen LogP contribution in [0.1, 0.15) is 37.7 Å². The van der Waals surface area contributed by atoms with Crippen molar-refractivity contribution in [3.8, 4) is 0 Å². The topological polar surface area (TPSA) is 113 Å². The van der Waals surface area contributed by atoms with Gasteiger partial charge in [-0.1, -0.05) is 19.3 Å². The normalized spacial score (nSPS) is 14.9. The van der Waals surface area contributed by atoms with E-state index in [0.29, 0.717) is 6.07 Å². The third-order valence-electron chi connectivity index (χ3n) is 4.68. The van der Waals surface area contributed by atoms with Crippen molar-refractivity contribution in [2.45, 2.75) is 38.3 Å². The molecule has 1 fully saturated rings. The Balaban J connectivity index is 1.76. The second kappa shape index (κ2) is 10.1. The molecule has 2 amide bonds. The summed E-state index contributed by atoms with van der Waals surface area (Å²) in [6.45, 7) is -0.0272. The van der Waals surface area contributed by atoms with Gasteiger partial charge in [0.1, 0.15) is 5.69 Å². The maximum absolute atomic E-state index is 12.7. The van der Waals surface area contributed by atoms with Crippen molar-refractivity contribution in [3.05, 3.63) is 33.9 Å². The predicted molar refractivity (Wildman–Crippen MR) is 99.2 cm³/mol. The number of benzene rings is 1. The SMILES string of the molecule is O=C(CNC(=O)C1CCCCC1)NCCNc1ccc(C(F)(F)F)cc1[N+](=O)[O-]. The minimum atomic E-state index is -4.68. The molecule has 0 radical (unpaired) electrons. The monoisotopic (exact) mass is 416 g/mol. The van der Waals surface area contributed by atoms with Crippen molar-refractivity contribution >= 4 is 23.2 Å². The van der Waals surface area contributed by atoms with Crippen LogP contribution in [0.25, 0.3) is 0 Å². The zero-order valence-electron chi connectivity index (χ0n) is 15.7. The summed E-state index contributed by atoms with van der Waals surface area (Å²) >= 11 is 0. The van der Waals surface area contributed by atoms with Crippen LogP contribution in [0.3, 0.4) is 0 Å². The molecule has 1 aromatic carbocycles. The van der Waals surface area contributed by atoms with Gasteiger partial charge < -0.3 is 16.0 Å². The van der Waals surface area contributed by atoms with Gasteiger partial charge in [-0.2, -0.15) is 13.2 Å². The smallest absolute Gasteiger partial charge is 0.378 e. The molecule has 0 spiro atoms. The van der Waals surface area contributed by atoms with Crippen molar-refractivity contribution in [3.63, 3.8) is 0 Å². The lowest BCUT2D eigenvalue weighted by Crippen LogP contribution is -2.41. The fraction of sp³-hybridized carbons (Fsp3) is 0.556. The van der Waals surface area contributed by atoms with Crippen molar-refractivity contribution in [1.29, 1.82) is 0 Å². The molecule has 1 aliphatic carbocycles. The fourth-order valence-electron chi connectivity index (χ4n) is 3.15. The second-order valence-corrected chi connectivity index (χ2v) is 6.82. The summed E-state index contributed by atoms with van der Waals surface area (Å²) < 4.78 is 38.1. The molecular formula is C18H23F3N4O4. The van der Waals surface area contributed by atoms with E-state index in [1.54, 1.807) is 0 Å². The number of anilines is 1. The molecule has 0 aromatic heterocycles. The first kappa shape index (κ1) is 22.4. The highest BCUT2D eigenvalue weighted by atomic mass is 19.4. The second-order valence-electron chi connectivity index (χ2n) is 6.82. The van der Waals surface area contributed by atoms with Crippen LogP contribution < -0.4 is 16.0 Å². The van der Waals surface area contributed by atoms with E-state index in [0.717, 1.165) is 44.2 Å². The summed E-state index contributed by atoms with van der Waals surface area (Å²) in [7, 11) is 0. The van der Waals surface area contributed by atoms with Gasteiger partial charge in [-0.3, -0.25) is 19.7 Å². The third kappa shape index (κ3) is 6.91. The average molecular weight is 416 g/mol. The van der Waals surface area contributed by atoms with E-state index >= 15 is 0 Å². The van der Waals surface area contributed by atoms with Crippen LogP contribution in [0.5, 0.6) is 0 Å². The average Bonchev–Trinajstić information content (AvgIpc) is 2.69. The highest BCUT2D eigenvalue weighted by molar-refractivity contribution is 5.85. The van der Waals surface area contributed by atoms with Gasteiger partial charge >= 0.3 is 6.18 Å². The highest BCUT2D eigenvalue weighted by Crippen LogP contribution is 2.34. The Morgan fingerprint density at radius 1 is 1.10 bits per heavy atom. The van der Waals surface area contributed by atoms with Crippen molar-refractivity contribution in [2.24, 2.45) is 5.92 Å². The number of carbonyl (C=O) groups excluding carboxylic acids is 2. The minimum absolute atomic E-state index is 0.0570. The molecule has 0 atom stereocenters. The molecule has 1 aromatic rings. The minimum Gasteiger partial charge on any atom is -0.378 e. The van der Waals surface area contributed by atoms with E-state index in [4.69, 9.17) is 0 Å². The molecule has 0 bridgehead atoms. The van der Waals surface area contributed by atoms with Gasteiger partial charge in [-0.15, -0.1) is 0 Å². The van der Waals surface area contributed by atoms with Crippen LogP contribution in [0.4, 0.5) is 24.5 Å². The first-order valence-corrected chi connectivity index (χ1v) is 9.32. The predicted octanol–water partition coefficient (Wildman–Crippen LogP) is 2.84. The van der Waals surface area contributed by atoms with Gasteiger partial charge in [0.2, 0.25) is 11.8 Å². The number of carbonyl (C=O) groups is 2. The first-order chi connectivity index (χ1) is 13.7. The quantitative estimate of drug-likeness (QED) is 0.343. The standard InChI is InChI=1S/C18H23F3N4O4/c19-18(20,21)13-6-7-14(15(10-13)25(28)29)22-8-9-23-16(26)11-24-17(27)12-4-2-1-3-5-12/h6-7,10,12,22H,1-5,8-9,11H2,(H,23,26)(H,24,27). The Hall–Kier alpha value is -2.85. The molecule has 2 rings (SSSR count). The number of rotatable bonds is 8. The molecule has 3 N–H and O–H groups in total. The van der Waals surface area contributed by atoms with Crippen LogP contribution >= 0.6 is 0 Å². The number of nitrogens with zero attached hydrogens (tertiary/aromatic N) is 1. The highest BCUT2D eigenvalue weighted by Gasteiger charge is 2.33. The molecule has 1 aliphatic rings. The summed E-state index contributed by atoms with van der Waals surface area (Å²) in [6.07, 6.45) is 0.0956. The first-order valence-electron chi connectivity index (χ1n) is 9.32. The molecular weight excluding hydrogens is 393 g/mol. The van der Waals surface area contributed by atoms with Gasteiger partial charge in [-0.25, -0.2) is 0 Å². The van der Waals surface area contributed by atoms with Gasteiger partial charge in [0.15, 0.2) is 0 Å². The molecule has 8 nitrogen and oxygen atoms in total. The van der Waals surface area contributed by atoms with E-state index in [2.05, 4.69) is 16.0 Å². The molecule has 1 saturated carbocycles. The van der Waals surface area contributed by atoms with Gasteiger partial charge in [0, 0.05) is 25.1 Å². The molecule has 11 heteroatoms. The van der Waals surface area contributed by atoms with Gasteiger partial charge in [0.25, 0.3) is 5.69 Å². The lowest BCUT2D eigenvalue weighted by Gasteiger charge is -2.20. The van der Waals surface area contributed by atoms with Crippen molar-refractivity contribution in [2.75, 3.05) is 25.0 Å². The van der Waals surface area contributed by atoms with Crippen LogP contribution in [-0.4, -0.2) is 36.4 Å². The summed E-state index contributed by atoms with van der Waals surface area (Å²) in [5, 5.41) is 18.8. The van der Waals surface area contributed by atoms with Crippen LogP contribution in [0.2, 0.25) is 0 Å². The Labute approximate surface area is 165 Å². The van der Waals surface area contributed by atoms with Crippen LogP contribution in [-0.2, 0) is 15.8 Å². The number of amides is 2. The van der Waals surface area contributed by atoms with E-state index in [9.17, 15) is 32.9 Å². The van der Waals surface area contributed by atoms with Crippen molar-refractivity contribution in [1.82, 2.24) is 10.6 Å². The molecule has 29 heavy (non-hydrogen) atoms. The summed E-state index contributed by atoms with van der Waals surface area (Å²) in [5.74, 6) is -0.616. The van der Waals surface area contributed by atoms with E-state index in [1.807, 2.05) is 0 Å². The maximum atomic E-state index is 12.7. The Morgan fingerprint density at radius 2 is 1.79 bits per heavy atom. The van der Waals surface area contributed by atoms with Crippen LogP contribution in [0, 0.1) is 16.0 Å². The number of alkyl halides is 3. The lowest BCUT2D eigenvalue weighted by atomic mass is 9.89. The maximum Gasteiger partial charge on any atom is 0.416 e. The molecule has 0 saturated heterocycles. The van der Waals surface area contributed by atoms with Gasteiger partial charge in [-0.05, 0) is 25.0 Å². The van der Waals surface area contributed by atoms with E-state index in [1.165, 1.54) is 0 Å². The molecule has 0 aliphatic heterocycles. The van der Waals surface area contributed by atoms with Crippen LogP contribution in [0.15, 0.2) is 18.2 Å². The zero-order chi connectivity index (χ0) is 21.4. The Bertz CT molecular complexity index is 749. The Kier molecular flexibility index (Phi) is 7.80. The van der Waals surface area contributed by atoms with Gasteiger partial charge in [0.05, 0.1) is 17.0 Å². The molecule has 160 valence electrons. The Morgan fingerprint density at radius 3 is 2.41 bits per heavy atom. The number of hydrogen-bond donors (Lipinski definition) is 3. The number of halogens is 3. The van der Waals surface area contributed by atoms with E-state index < -0.39 is 28.3 Å².